The molecule has 1 aromatic heterocycles. The molecular formula is C26H35F4N3O4S. The average Bonchev–Trinajstić information content (AvgIpc) is 2.82. The van der Waals surface area contributed by atoms with Crippen molar-refractivity contribution in [3.05, 3.63) is 53.1 Å². The Morgan fingerprint density at radius 1 is 1.24 bits per heavy atom. The van der Waals surface area contributed by atoms with Crippen LogP contribution in [0.3, 0.4) is 0 Å². The van der Waals surface area contributed by atoms with Crippen LogP contribution in [0, 0.1) is 11.7 Å². The summed E-state index contributed by atoms with van der Waals surface area (Å²) in [5.74, 6) is -1.56. The van der Waals surface area contributed by atoms with Gasteiger partial charge in [0.2, 0.25) is 6.10 Å². The first-order chi connectivity index (χ1) is 17.7. The van der Waals surface area contributed by atoms with Crippen molar-refractivity contribution in [2.45, 2.75) is 63.6 Å². The number of benzene rings is 1. The SMILES string of the molecule is COC[C@@H](Oc1cc(C[C@@H]2CS(=O)C[C@H](NCc3cc(C(C)(C)C)ccn3)[C@H]2O)cc(F)c1N)C(F)(F)F. The predicted octanol–water partition coefficient (Wildman–Crippen LogP) is 3.50. The Bertz CT molecular complexity index is 1130. The lowest BCUT2D eigenvalue weighted by Crippen LogP contribution is -2.53. The van der Waals surface area contributed by atoms with Gasteiger partial charge in [-0.25, -0.2) is 4.39 Å². The first-order valence-corrected chi connectivity index (χ1v) is 13.7. The van der Waals surface area contributed by atoms with Gasteiger partial charge in [0.1, 0.15) is 17.3 Å². The highest BCUT2D eigenvalue weighted by atomic mass is 32.2. The van der Waals surface area contributed by atoms with Crippen molar-refractivity contribution < 1.29 is 36.4 Å². The molecule has 3 rings (SSSR count). The molecule has 1 aliphatic heterocycles. The van der Waals surface area contributed by atoms with Gasteiger partial charge in [-0.05, 0) is 47.2 Å². The van der Waals surface area contributed by atoms with Crippen LogP contribution in [-0.4, -0.2) is 63.9 Å². The number of nitrogen functional groups attached to an aromatic ring is 1. The van der Waals surface area contributed by atoms with Gasteiger partial charge < -0.3 is 25.6 Å². The highest BCUT2D eigenvalue weighted by molar-refractivity contribution is 7.85. The quantitative estimate of drug-likeness (QED) is 0.318. The van der Waals surface area contributed by atoms with Crippen molar-refractivity contribution in [3.63, 3.8) is 0 Å². The van der Waals surface area contributed by atoms with Crippen LogP contribution in [-0.2, 0) is 33.9 Å². The van der Waals surface area contributed by atoms with Crippen LogP contribution in [0.5, 0.6) is 5.75 Å². The standard InChI is InChI=1S/C26H35F4N3O4S/c1-25(2,3)17-5-6-32-18(10-17)11-33-20-14-38(35)13-16(24(20)34)7-15-8-19(27)23(31)21(9-15)37-22(12-36-4)26(28,29)30/h5-6,8-10,16,20,22,24,33-34H,7,11-14,31H2,1-4H3/t16-,20+,22-,24+,38?/m1/s1. The minimum absolute atomic E-state index is 0.0603. The van der Waals surface area contributed by atoms with Crippen molar-refractivity contribution in [1.82, 2.24) is 10.3 Å². The number of alkyl halides is 3. The van der Waals surface area contributed by atoms with Crippen LogP contribution in [0.25, 0.3) is 0 Å². The number of ether oxygens (including phenoxy) is 2. The topological polar surface area (TPSA) is 107 Å². The summed E-state index contributed by atoms with van der Waals surface area (Å²) in [6.07, 6.45) is -6.24. The summed E-state index contributed by atoms with van der Waals surface area (Å²) in [6, 6.07) is 5.73. The monoisotopic (exact) mass is 561 g/mol. The molecule has 1 saturated heterocycles. The maximum atomic E-state index is 14.5. The van der Waals surface area contributed by atoms with Crippen LogP contribution >= 0.6 is 0 Å². The minimum Gasteiger partial charge on any atom is -0.476 e. The van der Waals surface area contributed by atoms with Crippen LogP contribution < -0.4 is 15.8 Å². The fourth-order valence-corrected chi connectivity index (χ4v) is 5.98. The molecule has 5 atom stereocenters. The summed E-state index contributed by atoms with van der Waals surface area (Å²) < 4.78 is 76.6. The second-order valence-corrected chi connectivity index (χ2v) is 12.1. The highest BCUT2D eigenvalue weighted by Gasteiger charge is 2.42. The third-order valence-corrected chi connectivity index (χ3v) is 8.02. The zero-order valence-electron chi connectivity index (χ0n) is 21.8. The summed E-state index contributed by atoms with van der Waals surface area (Å²) in [7, 11) is -0.176. The van der Waals surface area contributed by atoms with E-state index in [9.17, 15) is 26.9 Å². The van der Waals surface area contributed by atoms with E-state index in [1.54, 1.807) is 6.20 Å². The molecule has 7 nitrogen and oxygen atoms in total. The van der Waals surface area contributed by atoms with Gasteiger partial charge in [-0.3, -0.25) is 9.19 Å². The van der Waals surface area contributed by atoms with Crippen molar-refractivity contribution in [3.8, 4) is 5.75 Å². The Morgan fingerprint density at radius 3 is 2.58 bits per heavy atom. The second-order valence-electron chi connectivity index (χ2n) is 10.6. The molecule has 1 fully saturated rings. The zero-order valence-corrected chi connectivity index (χ0v) is 22.7. The number of hydrogen-bond acceptors (Lipinski definition) is 7. The largest absolute Gasteiger partial charge is 0.476 e. The molecule has 12 heteroatoms. The molecule has 0 spiro atoms. The van der Waals surface area contributed by atoms with Gasteiger partial charge in [0.15, 0.2) is 0 Å². The summed E-state index contributed by atoms with van der Waals surface area (Å²) >= 11 is 0. The van der Waals surface area contributed by atoms with Crippen molar-refractivity contribution in [1.29, 1.82) is 0 Å². The van der Waals surface area contributed by atoms with Crippen LogP contribution in [0.1, 0.15) is 37.6 Å². The maximum absolute atomic E-state index is 14.5. The summed E-state index contributed by atoms with van der Waals surface area (Å²) in [6.45, 7) is 5.83. The smallest absolute Gasteiger partial charge is 0.427 e. The molecule has 4 N–H and O–H groups in total. The van der Waals surface area contributed by atoms with Crippen LogP contribution in [0.15, 0.2) is 30.5 Å². The Labute approximate surface area is 222 Å². The lowest BCUT2D eigenvalue weighted by molar-refractivity contribution is -0.206. The molecule has 1 aromatic carbocycles. The number of aromatic nitrogens is 1. The van der Waals surface area contributed by atoms with E-state index in [2.05, 4.69) is 35.8 Å². The Morgan fingerprint density at radius 2 is 1.95 bits per heavy atom. The molecule has 38 heavy (non-hydrogen) atoms. The number of nitrogens with one attached hydrogen (secondary N) is 1. The van der Waals surface area contributed by atoms with Crippen molar-refractivity contribution in [2.24, 2.45) is 5.92 Å². The van der Waals surface area contributed by atoms with Gasteiger partial charge in [-0.1, -0.05) is 20.8 Å². The number of nitrogens with two attached hydrogens (primary N) is 1. The number of anilines is 1. The Balaban J connectivity index is 1.74. The second kappa shape index (κ2) is 12.3. The third-order valence-electron chi connectivity index (χ3n) is 6.49. The van der Waals surface area contributed by atoms with Gasteiger partial charge in [-0.2, -0.15) is 13.2 Å². The molecule has 212 valence electrons. The lowest BCUT2D eigenvalue weighted by Gasteiger charge is -2.35. The van der Waals surface area contributed by atoms with Crippen LogP contribution in [0.2, 0.25) is 0 Å². The predicted molar refractivity (Wildman–Crippen MR) is 138 cm³/mol. The third kappa shape index (κ3) is 7.87. The minimum atomic E-state index is -4.76. The Kier molecular flexibility index (Phi) is 9.77. The molecular weight excluding hydrogens is 526 g/mol. The summed E-state index contributed by atoms with van der Waals surface area (Å²) in [4.78, 5) is 4.37. The zero-order chi connectivity index (χ0) is 28.3. The van der Waals surface area contributed by atoms with E-state index < -0.39 is 65.0 Å². The number of pyridine rings is 1. The number of methoxy groups -OCH3 is 1. The molecule has 0 radical (unpaired) electrons. The van der Waals surface area contributed by atoms with E-state index in [0.717, 1.165) is 24.4 Å². The molecule has 0 bridgehead atoms. The molecule has 0 saturated carbocycles. The summed E-state index contributed by atoms with van der Waals surface area (Å²) in [5, 5.41) is 14.3. The molecule has 1 unspecified atom stereocenters. The van der Waals surface area contributed by atoms with Crippen molar-refractivity contribution >= 4 is 16.5 Å². The number of aliphatic hydroxyl groups excluding tert-OH is 1. The Hall–Kier alpha value is -2.28. The molecule has 0 aliphatic carbocycles. The fourth-order valence-electron chi connectivity index (χ4n) is 4.33. The fraction of sp³-hybridized carbons (Fsp3) is 0.577. The van der Waals surface area contributed by atoms with Gasteiger partial charge in [0.05, 0.1) is 18.4 Å². The first-order valence-electron chi connectivity index (χ1n) is 12.2. The lowest BCUT2D eigenvalue weighted by atomic mass is 9.87. The molecule has 0 amide bonds. The van der Waals surface area contributed by atoms with Crippen LogP contribution in [0.4, 0.5) is 23.2 Å². The van der Waals surface area contributed by atoms with E-state index in [1.165, 1.54) is 6.07 Å². The van der Waals surface area contributed by atoms with Gasteiger partial charge in [0, 0.05) is 54.1 Å². The highest BCUT2D eigenvalue weighted by Crippen LogP contribution is 2.33. The van der Waals surface area contributed by atoms with E-state index >= 15 is 0 Å². The normalized spacial score (nSPS) is 23.3. The van der Waals surface area contributed by atoms with Crippen molar-refractivity contribution in [2.75, 3.05) is 31.0 Å². The summed E-state index contributed by atoms with van der Waals surface area (Å²) in [5.41, 5.74) is 7.19. The number of nitrogens with zero attached hydrogens (tertiary/aromatic N) is 1. The molecule has 1 aliphatic rings. The number of halogens is 4. The number of aliphatic hydroxyl groups is 1. The van der Waals surface area contributed by atoms with Gasteiger partial charge >= 0.3 is 6.18 Å². The average molecular weight is 562 g/mol. The van der Waals surface area contributed by atoms with E-state index in [-0.39, 0.29) is 28.9 Å². The number of rotatable bonds is 9. The molecule has 2 aromatic rings. The van der Waals surface area contributed by atoms with E-state index in [0.29, 0.717) is 6.54 Å². The van der Waals surface area contributed by atoms with E-state index in [1.807, 2.05) is 12.1 Å². The number of hydrogen-bond donors (Lipinski definition) is 3. The van der Waals surface area contributed by atoms with Gasteiger partial charge in [-0.15, -0.1) is 0 Å². The maximum Gasteiger partial charge on any atom is 0.427 e. The first kappa shape index (κ1) is 30.3. The molecule has 2 heterocycles. The van der Waals surface area contributed by atoms with Gasteiger partial charge in [0.25, 0.3) is 0 Å². The van der Waals surface area contributed by atoms with E-state index in [4.69, 9.17) is 10.5 Å².